The molecule has 35 heavy (non-hydrogen) atoms. The third-order valence-corrected chi connectivity index (χ3v) is 7.52. The predicted octanol–water partition coefficient (Wildman–Crippen LogP) is 0.155. The molecule has 3 atom stereocenters. The highest BCUT2D eigenvalue weighted by atomic mass is 31.2. The first-order valence-electron chi connectivity index (χ1n) is 11.4. The van der Waals surface area contributed by atoms with Crippen LogP contribution in [0.4, 0.5) is 0 Å². The second-order valence-electron chi connectivity index (χ2n) is 8.94. The number of aromatic amines is 1. The smallest absolute Gasteiger partial charge is 0.368 e. The van der Waals surface area contributed by atoms with Crippen molar-refractivity contribution in [2.75, 3.05) is 19.6 Å². The van der Waals surface area contributed by atoms with Gasteiger partial charge < -0.3 is 35.6 Å². The lowest BCUT2D eigenvalue weighted by molar-refractivity contribution is -0.142. The average molecular weight is 505 g/mol. The second kappa shape index (κ2) is 9.54. The summed E-state index contributed by atoms with van der Waals surface area (Å²) in [5.74, 6) is -1.48. The second-order valence-corrected chi connectivity index (χ2v) is 10.4. The van der Waals surface area contributed by atoms with Gasteiger partial charge in [0.05, 0.1) is 0 Å². The van der Waals surface area contributed by atoms with Crippen molar-refractivity contribution < 1.29 is 33.5 Å². The Bertz CT molecular complexity index is 1240. The number of rotatable bonds is 6. The summed E-state index contributed by atoms with van der Waals surface area (Å²) in [7, 11) is -4.95. The fourth-order valence-electron chi connectivity index (χ4n) is 4.91. The fourth-order valence-corrected chi connectivity index (χ4v) is 5.38. The summed E-state index contributed by atoms with van der Waals surface area (Å²) in [5, 5.41) is 3.17. The number of fused-ring (bicyclic) bond motifs is 2. The van der Waals surface area contributed by atoms with Gasteiger partial charge in [-0.1, -0.05) is 6.92 Å². The van der Waals surface area contributed by atoms with Gasteiger partial charge in [-0.05, 0) is 50.1 Å². The van der Waals surface area contributed by atoms with Gasteiger partial charge >= 0.3 is 7.60 Å². The number of hydrogen-bond donors (Lipinski definition) is 5. The Labute approximate surface area is 201 Å². The summed E-state index contributed by atoms with van der Waals surface area (Å²) in [5.41, 5.74) is 4.65. The van der Waals surface area contributed by atoms with Crippen molar-refractivity contribution in [1.29, 1.82) is 0 Å². The molecule has 0 bridgehead atoms. The van der Waals surface area contributed by atoms with Gasteiger partial charge in [0.25, 0.3) is 11.4 Å². The third-order valence-electron chi connectivity index (χ3n) is 6.73. The van der Waals surface area contributed by atoms with Crippen LogP contribution in [0.3, 0.4) is 0 Å². The number of H-pyrrole nitrogens is 1. The van der Waals surface area contributed by atoms with Crippen molar-refractivity contribution in [2.45, 2.75) is 44.3 Å². The first kappa shape index (κ1) is 25.1. The Hall–Kier alpha value is -3.05. The average Bonchev–Trinajstić information content (AvgIpc) is 3.42. The molecule has 13 heteroatoms. The molecule has 3 amide bonds. The Morgan fingerprint density at radius 3 is 2.60 bits per heavy atom. The number of benzene rings is 1. The summed E-state index contributed by atoms with van der Waals surface area (Å²) in [6.07, 6.45) is 1.90. The summed E-state index contributed by atoms with van der Waals surface area (Å²) in [4.78, 5) is 75.2. The summed E-state index contributed by atoms with van der Waals surface area (Å²) in [6.45, 7) is 3.65. The number of carbonyl (C=O) groups excluding carboxylic acids is 4. The number of carbonyl (C=O) groups is 4. The highest BCUT2D eigenvalue weighted by Crippen LogP contribution is 2.39. The van der Waals surface area contributed by atoms with Crippen LogP contribution in [0, 0.1) is 0 Å². The first-order chi connectivity index (χ1) is 16.5. The molecule has 2 aliphatic heterocycles. The molecular formula is C22H28N5O7P. The van der Waals surface area contributed by atoms with Crippen molar-refractivity contribution in [3.8, 4) is 0 Å². The molecule has 2 aliphatic rings. The van der Waals surface area contributed by atoms with Crippen molar-refractivity contribution >= 4 is 41.7 Å². The van der Waals surface area contributed by atoms with Crippen LogP contribution in [0.25, 0.3) is 10.9 Å². The molecule has 2 saturated heterocycles. The molecule has 2 fully saturated rings. The van der Waals surface area contributed by atoms with Crippen molar-refractivity contribution in [3.05, 3.63) is 35.5 Å². The molecule has 188 valence electrons. The van der Waals surface area contributed by atoms with Crippen molar-refractivity contribution in [3.63, 3.8) is 0 Å². The summed E-state index contributed by atoms with van der Waals surface area (Å²) >= 11 is 0. The van der Waals surface area contributed by atoms with E-state index in [4.69, 9.17) is 15.5 Å². The largest absolute Gasteiger partial charge is 0.396 e. The van der Waals surface area contributed by atoms with Gasteiger partial charge in [0.1, 0.15) is 17.8 Å². The van der Waals surface area contributed by atoms with E-state index in [2.05, 4.69) is 15.2 Å². The van der Waals surface area contributed by atoms with Crippen molar-refractivity contribution in [1.82, 2.24) is 20.1 Å². The lowest BCUT2D eigenvalue weighted by atomic mass is 10.1. The lowest BCUT2D eigenvalue weighted by Gasteiger charge is -2.38. The number of nitrogens with two attached hydrogens (primary N) is 1. The Morgan fingerprint density at radius 1 is 1.20 bits per heavy atom. The van der Waals surface area contributed by atoms with E-state index in [1.807, 2.05) is 6.92 Å². The topological polar surface area (TPSA) is 186 Å². The Morgan fingerprint density at radius 2 is 1.94 bits per heavy atom. The minimum absolute atomic E-state index is 0.114. The minimum Gasteiger partial charge on any atom is -0.368 e. The number of likely N-dealkylation sites (N-methyl/N-ethyl adjacent to an activating group) is 1. The Kier molecular flexibility index (Phi) is 6.83. The summed E-state index contributed by atoms with van der Waals surface area (Å²) < 4.78 is 11.3. The molecule has 0 unspecified atom stereocenters. The standard InChI is InChI=1S/C22H28N5O7P/c1-2-26-8-7-14-4-6-18(19(23)28)27(14)21(30)17(11-26)25-20(29)16-10-13-9-12(3-5-15(13)24-16)22(31)35(32,33)34/h3,5,9-10,14,17-18,24H,2,4,6-8,11H2,1H3,(H2,23,28)(H,25,29)(H2,32,33,34)/t14-,17+,18+/m1/s1. The number of aromatic nitrogens is 1. The van der Waals surface area contributed by atoms with E-state index < -0.39 is 37.0 Å². The molecule has 4 rings (SSSR count). The van der Waals surface area contributed by atoms with E-state index in [-0.39, 0.29) is 29.8 Å². The van der Waals surface area contributed by atoms with E-state index >= 15 is 0 Å². The van der Waals surface area contributed by atoms with Gasteiger partial charge in [-0.2, -0.15) is 0 Å². The van der Waals surface area contributed by atoms with Gasteiger partial charge in [0.2, 0.25) is 11.8 Å². The van der Waals surface area contributed by atoms with Crippen LogP contribution in [-0.2, 0) is 14.2 Å². The van der Waals surface area contributed by atoms with Gasteiger partial charge in [-0.15, -0.1) is 0 Å². The lowest BCUT2D eigenvalue weighted by Crippen LogP contribution is -2.60. The maximum atomic E-state index is 13.5. The van der Waals surface area contributed by atoms with Gasteiger partial charge in [-0.25, -0.2) is 0 Å². The van der Waals surface area contributed by atoms with Crippen LogP contribution in [0.1, 0.15) is 47.0 Å². The molecule has 12 nitrogen and oxygen atoms in total. The highest BCUT2D eigenvalue weighted by Gasteiger charge is 2.44. The van der Waals surface area contributed by atoms with Crippen LogP contribution in [0.5, 0.6) is 0 Å². The molecule has 1 aromatic heterocycles. The molecule has 1 aromatic carbocycles. The monoisotopic (exact) mass is 505 g/mol. The van der Waals surface area contributed by atoms with E-state index in [1.165, 1.54) is 29.2 Å². The fraction of sp³-hybridized carbons (Fsp3) is 0.455. The molecular weight excluding hydrogens is 477 g/mol. The van der Waals surface area contributed by atoms with E-state index in [0.717, 1.165) is 6.42 Å². The number of nitrogens with one attached hydrogen (secondary N) is 2. The van der Waals surface area contributed by atoms with Gasteiger partial charge in [-0.3, -0.25) is 23.7 Å². The maximum Gasteiger partial charge on any atom is 0.396 e. The number of primary amides is 1. The molecule has 0 saturated carbocycles. The van der Waals surface area contributed by atoms with E-state index in [1.54, 1.807) is 0 Å². The Balaban J connectivity index is 1.59. The van der Waals surface area contributed by atoms with Gasteiger partial charge in [0.15, 0.2) is 0 Å². The quantitative estimate of drug-likeness (QED) is 0.343. The summed E-state index contributed by atoms with van der Waals surface area (Å²) in [6, 6.07) is 3.72. The van der Waals surface area contributed by atoms with Crippen LogP contribution in [0.2, 0.25) is 0 Å². The first-order valence-corrected chi connectivity index (χ1v) is 13.0. The molecule has 0 aliphatic carbocycles. The highest BCUT2D eigenvalue weighted by molar-refractivity contribution is 7.70. The van der Waals surface area contributed by atoms with E-state index in [9.17, 15) is 23.7 Å². The molecule has 2 aromatic rings. The van der Waals surface area contributed by atoms with Gasteiger partial charge in [0, 0.05) is 35.6 Å². The number of hydrogen-bond acceptors (Lipinski definition) is 6. The zero-order valence-electron chi connectivity index (χ0n) is 19.1. The van der Waals surface area contributed by atoms with Crippen molar-refractivity contribution in [2.24, 2.45) is 5.73 Å². The van der Waals surface area contributed by atoms with E-state index in [0.29, 0.717) is 36.8 Å². The number of amides is 3. The third kappa shape index (κ3) is 5.01. The van der Waals surface area contributed by atoms with Crippen LogP contribution in [-0.4, -0.2) is 85.6 Å². The SMILES string of the molecule is CCN1CC[C@H]2CC[C@@H](C(N)=O)N2C(=O)[C@@H](NC(=O)c2cc3cc(C(=O)P(=O)(O)O)ccc3[nH]2)C1. The molecule has 0 spiro atoms. The molecule has 0 radical (unpaired) electrons. The molecule has 6 N–H and O–H groups in total. The number of nitrogens with zero attached hydrogens (tertiary/aromatic N) is 2. The normalized spacial score (nSPS) is 23.6. The van der Waals surface area contributed by atoms with Crippen LogP contribution < -0.4 is 11.1 Å². The van der Waals surface area contributed by atoms with Crippen LogP contribution in [0.15, 0.2) is 24.3 Å². The zero-order valence-corrected chi connectivity index (χ0v) is 20.0. The zero-order chi connectivity index (χ0) is 25.5. The van der Waals surface area contributed by atoms with Crippen LogP contribution >= 0.6 is 7.60 Å². The molecule has 3 heterocycles. The minimum atomic E-state index is -4.95. The predicted molar refractivity (Wildman–Crippen MR) is 126 cm³/mol. The maximum absolute atomic E-state index is 13.5.